The molecule has 0 saturated carbocycles. The Morgan fingerprint density at radius 2 is 0.886 bits per heavy atom. The largest absolute Gasteiger partial charge is 0.457 e. The summed E-state index contributed by atoms with van der Waals surface area (Å²) in [4.78, 5) is 12.1. The third-order valence-electron chi connectivity index (χ3n) is 8.84. The molecule has 0 amide bonds. The first-order valence-corrected chi connectivity index (χ1v) is 19.8. The van der Waals surface area contributed by atoms with E-state index in [1.54, 1.807) is 0 Å². The van der Waals surface area contributed by atoms with Crippen molar-refractivity contribution in [3.05, 3.63) is 12.2 Å². The number of hydrogen-bond acceptors (Lipinski definition) is 4. The molecule has 0 radical (unpaired) electrons. The topological polar surface area (TPSA) is 55.8 Å². The third kappa shape index (κ3) is 35.6. The number of carbonyl (C=O) groups is 1. The van der Waals surface area contributed by atoms with E-state index in [-0.39, 0.29) is 12.6 Å². The van der Waals surface area contributed by atoms with Crippen LogP contribution >= 0.6 is 0 Å². The van der Waals surface area contributed by atoms with Crippen LogP contribution in [0.1, 0.15) is 213 Å². The first-order chi connectivity index (χ1) is 21.7. The van der Waals surface area contributed by atoms with Crippen LogP contribution < -0.4 is 0 Å². The lowest BCUT2D eigenvalue weighted by Gasteiger charge is -2.15. The van der Waals surface area contributed by atoms with E-state index < -0.39 is 6.10 Å². The predicted octanol–water partition coefficient (Wildman–Crippen LogP) is 12.6. The number of ether oxygens (including phenoxy) is 2. The van der Waals surface area contributed by atoms with Gasteiger partial charge < -0.3 is 14.6 Å². The second-order valence-electron chi connectivity index (χ2n) is 13.4. The van der Waals surface area contributed by atoms with Crippen LogP contribution in [0.5, 0.6) is 0 Å². The average Bonchev–Trinajstić information content (AvgIpc) is 3.03. The van der Waals surface area contributed by atoms with Gasteiger partial charge in [0.25, 0.3) is 0 Å². The summed E-state index contributed by atoms with van der Waals surface area (Å²) in [6.07, 6.45) is 44.0. The normalized spacial score (nSPS) is 12.3. The fraction of sp³-hybridized carbons (Fsp3) is 0.925. The molecule has 1 atom stereocenters. The highest BCUT2D eigenvalue weighted by atomic mass is 16.6. The lowest BCUT2D eigenvalue weighted by Crippen LogP contribution is -2.27. The van der Waals surface area contributed by atoms with Gasteiger partial charge in [0.15, 0.2) is 0 Å². The van der Waals surface area contributed by atoms with Gasteiger partial charge in [-0.2, -0.15) is 0 Å². The number of aliphatic hydroxyl groups excluding tert-OH is 1. The van der Waals surface area contributed by atoms with Crippen LogP contribution in [0.25, 0.3) is 0 Å². The van der Waals surface area contributed by atoms with Crippen molar-refractivity contribution in [2.24, 2.45) is 0 Å². The Hall–Kier alpha value is -0.870. The number of aliphatic hydroxyl groups is 1. The molecule has 44 heavy (non-hydrogen) atoms. The molecule has 1 N–H and O–H groups in total. The maximum absolute atomic E-state index is 12.1. The Bertz CT molecular complexity index is 576. The molecule has 0 aromatic heterocycles. The summed E-state index contributed by atoms with van der Waals surface area (Å²) in [6.45, 7) is 5.37. The van der Waals surface area contributed by atoms with Gasteiger partial charge in [-0.15, -0.1) is 0 Å². The van der Waals surface area contributed by atoms with Gasteiger partial charge in [-0.25, -0.2) is 0 Å². The van der Waals surface area contributed by atoms with E-state index in [2.05, 4.69) is 26.0 Å². The molecule has 0 aromatic carbocycles. The van der Waals surface area contributed by atoms with E-state index in [1.807, 2.05) is 0 Å². The second kappa shape index (κ2) is 38.3. The van der Waals surface area contributed by atoms with Crippen LogP contribution in [0, 0.1) is 0 Å². The lowest BCUT2D eigenvalue weighted by molar-refractivity contribution is -0.154. The predicted molar refractivity (Wildman–Crippen MR) is 191 cm³/mol. The maximum atomic E-state index is 12.1. The SMILES string of the molecule is CCCCCCCC/C=C\CCCCCCCC(=O)OC(CO)COCCCCCCCCCCCCCCCCCCC. The van der Waals surface area contributed by atoms with E-state index in [9.17, 15) is 9.90 Å². The van der Waals surface area contributed by atoms with Crippen LogP contribution in [-0.4, -0.2) is 37.0 Å². The number of hydrogen-bond donors (Lipinski definition) is 1. The van der Waals surface area contributed by atoms with Crippen molar-refractivity contribution < 1.29 is 19.4 Å². The van der Waals surface area contributed by atoms with Gasteiger partial charge in [0.1, 0.15) is 6.10 Å². The molecule has 0 aromatic rings. The zero-order valence-corrected chi connectivity index (χ0v) is 29.9. The first kappa shape index (κ1) is 43.1. The fourth-order valence-electron chi connectivity index (χ4n) is 5.85. The van der Waals surface area contributed by atoms with E-state index in [4.69, 9.17) is 9.47 Å². The second-order valence-corrected chi connectivity index (χ2v) is 13.4. The highest BCUT2D eigenvalue weighted by Gasteiger charge is 2.13. The number of esters is 1. The van der Waals surface area contributed by atoms with E-state index in [0.29, 0.717) is 19.6 Å². The quantitative estimate of drug-likeness (QED) is 0.0425. The van der Waals surface area contributed by atoms with E-state index >= 15 is 0 Å². The Morgan fingerprint density at radius 1 is 0.523 bits per heavy atom. The van der Waals surface area contributed by atoms with Gasteiger partial charge in [0.05, 0.1) is 13.2 Å². The Morgan fingerprint density at radius 3 is 1.30 bits per heavy atom. The maximum Gasteiger partial charge on any atom is 0.306 e. The van der Waals surface area contributed by atoms with Crippen molar-refractivity contribution in [3.8, 4) is 0 Å². The molecule has 4 nitrogen and oxygen atoms in total. The summed E-state index contributed by atoms with van der Waals surface area (Å²) in [7, 11) is 0. The molecule has 0 fully saturated rings. The van der Waals surface area contributed by atoms with Gasteiger partial charge >= 0.3 is 5.97 Å². The van der Waals surface area contributed by atoms with Crippen LogP contribution in [0.4, 0.5) is 0 Å². The van der Waals surface area contributed by atoms with Crippen molar-refractivity contribution in [1.82, 2.24) is 0 Å². The molecule has 4 heteroatoms. The minimum atomic E-state index is -0.531. The number of carbonyl (C=O) groups excluding carboxylic acids is 1. The van der Waals surface area contributed by atoms with Gasteiger partial charge in [0.2, 0.25) is 0 Å². The summed E-state index contributed by atoms with van der Waals surface area (Å²) in [5.74, 6) is -0.205. The monoisotopic (exact) mass is 623 g/mol. The summed E-state index contributed by atoms with van der Waals surface area (Å²) < 4.78 is 11.1. The van der Waals surface area contributed by atoms with E-state index in [1.165, 1.54) is 173 Å². The van der Waals surface area contributed by atoms with Gasteiger partial charge in [-0.1, -0.05) is 180 Å². The van der Waals surface area contributed by atoms with Gasteiger partial charge in [-0.3, -0.25) is 4.79 Å². The van der Waals surface area contributed by atoms with Gasteiger partial charge in [0, 0.05) is 13.0 Å². The molecule has 0 bridgehead atoms. The number of rotatable bonds is 37. The van der Waals surface area contributed by atoms with Crippen LogP contribution in [0.15, 0.2) is 12.2 Å². The van der Waals surface area contributed by atoms with Gasteiger partial charge in [-0.05, 0) is 38.5 Å². The molecule has 0 aliphatic carbocycles. The van der Waals surface area contributed by atoms with Crippen LogP contribution in [0.3, 0.4) is 0 Å². The average molecular weight is 623 g/mol. The highest BCUT2D eigenvalue weighted by Crippen LogP contribution is 2.15. The number of unbranched alkanes of at least 4 members (excludes halogenated alkanes) is 27. The Balaban J connectivity index is 3.40. The van der Waals surface area contributed by atoms with Crippen molar-refractivity contribution in [2.45, 2.75) is 219 Å². The number of allylic oxidation sites excluding steroid dienone is 2. The van der Waals surface area contributed by atoms with Crippen molar-refractivity contribution in [3.63, 3.8) is 0 Å². The third-order valence-corrected chi connectivity index (χ3v) is 8.84. The van der Waals surface area contributed by atoms with Crippen molar-refractivity contribution in [2.75, 3.05) is 19.8 Å². The lowest BCUT2D eigenvalue weighted by atomic mass is 10.0. The van der Waals surface area contributed by atoms with Crippen molar-refractivity contribution >= 4 is 5.97 Å². The minimum absolute atomic E-state index is 0.169. The standard InChI is InChI=1S/C40H78O4/c1-3-5-7-9-11-13-15-17-19-20-22-24-26-28-30-32-34-36-43-38-39(37-41)44-40(42)35-33-31-29-27-25-23-21-18-16-14-12-10-8-6-4-2/h18,21,39,41H,3-17,19-20,22-38H2,1-2H3/b21-18-. The fourth-order valence-corrected chi connectivity index (χ4v) is 5.85. The van der Waals surface area contributed by atoms with E-state index in [0.717, 1.165) is 19.3 Å². The zero-order chi connectivity index (χ0) is 32.0. The van der Waals surface area contributed by atoms with Crippen LogP contribution in [-0.2, 0) is 14.3 Å². The first-order valence-electron chi connectivity index (χ1n) is 19.8. The molecular weight excluding hydrogens is 544 g/mol. The molecule has 1 unspecified atom stereocenters. The Labute approximate surface area is 275 Å². The highest BCUT2D eigenvalue weighted by molar-refractivity contribution is 5.69. The Kier molecular flexibility index (Phi) is 37.6. The van der Waals surface area contributed by atoms with Crippen LogP contribution in [0.2, 0.25) is 0 Å². The molecule has 0 rings (SSSR count). The molecular formula is C40H78O4. The smallest absolute Gasteiger partial charge is 0.306 e. The molecule has 0 spiro atoms. The van der Waals surface area contributed by atoms with Crippen molar-refractivity contribution in [1.29, 1.82) is 0 Å². The summed E-state index contributed by atoms with van der Waals surface area (Å²) in [6, 6.07) is 0. The zero-order valence-electron chi connectivity index (χ0n) is 29.9. The summed E-state index contributed by atoms with van der Waals surface area (Å²) in [5.41, 5.74) is 0. The molecule has 0 aliphatic heterocycles. The summed E-state index contributed by atoms with van der Waals surface area (Å²) >= 11 is 0. The minimum Gasteiger partial charge on any atom is -0.457 e. The molecule has 0 saturated heterocycles. The molecule has 262 valence electrons. The summed E-state index contributed by atoms with van der Waals surface area (Å²) in [5, 5.41) is 9.57. The molecule has 0 heterocycles. The molecule has 0 aliphatic rings.